The molecule has 1 fully saturated rings. The minimum atomic E-state index is -3.38. The van der Waals surface area contributed by atoms with E-state index in [1.807, 2.05) is 4.90 Å². The van der Waals surface area contributed by atoms with Crippen LogP contribution in [0.2, 0.25) is 0 Å². The van der Waals surface area contributed by atoms with Gasteiger partial charge in [-0.3, -0.25) is 4.79 Å². The van der Waals surface area contributed by atoms with Gasteiger partial charge in [0.2, 0.25) is 5.91 Å². The molecule has 0 bridgehead atoms. The molecule has 2 aromatic rings. The maximum Gasteiger partial charge on any atom is 0.252 e. The predicted molar refractivity (Wildman–Crippen MR) is 99.5 cm³/mol. The Balaban J connectivity index is 1.44. The van der Waals surface area contributed by atoms with Crippen LogP contribution in [0.1, 0.15) is 28.2 Å². The fraction of sp³-hybridized carbons (Fsp3) is 0.471. The third-order valence-corrected chi connectivity index (χ3v) is 9.26. The van der Waals surface area contributed by atoms with Crippen molar-refractivity contribution in [1.29, 1.82) is 0 Å². The smallest absolute Gasteiger partial charge is 0.252 e. The summed E-state index contributed by atoms with van der Waals surface area (Å²) in [7, 11) is -3.38. The summed E-state index contributed by atoms with van der Waals surface area (Å²) in [4.78, 5) is 16.7. The number of amides is 1. The highest BCUT2D eigenvalue weighted by Gasteiger charge is 2.29. The number of rotatable bonds is 4. The normalized spacial score (nSPS) is 18.5. The Morgan fingerprint density at radius 3 is 2.72 bits per heavy atom. The third-order valence-electron chi connectivity index (χ3n) is 4.78. The maximum absolute atomic E-state index is 12.6. The second-order valence-corrected chi connectivity index (χ2v) is 10.8. The van der Waals surface area contributed by atoms with Crippen molar-refractivity contribution in [1.82, 2.24) is 9.21 Å². The lowest BCUT2D eigenvalue weighted by molar-refractivity contribution is -0.131. The molecule has 2 aliphatic rings. The van der Waals surface area contributed by atoms with Crippen LogP contribution in [-0.4, -0.2) is 43.2 Å². The standard InChI is InChI=1S/C17H20N2O3S3/c20-16(18-9-5-15-13(12-18)6-10-23-15)11-14-3-4-17(24-14)25(21,22)19-7-1-2-8-19/h3-4,6,10H,1-2,5,7-9,11-12H2. The van der Waals surface area contributed by atoms with Crippen LogP contribution in [-0.2, 0) is 34.2 Å². The van der Waals surface area contributed by atoms with E-state index in [0.717, 1.165) is 30.7 Å². The van der Waals surface area contributed by atoms with Gasteiger partial charge in [0.05, 0.1) is 6.42 Å². The minimum Gasteiger partial charge on any atom is -0.338 e. The Labute approximate surface area is 155 Å². The summed E-state index contributed by atoms with van der Waals surface area (Å²) < 4.78 is 27.1. The number of carbonyl (C=O) groups is 1. The van der Waals surface area contributed by atoms with E-state index in [4.69, 9.17) is 0 Å². The molecule has 0 aromatic carbocycles. The second kappa shape index (κ2) is 6.83. The molecule has 2 aromatic heterocycles. The molecule has 0 unspecified atom stereocenters. The lowest BCUT2D eigenvalue weighted by Crippen LogP contribution is -2.36. The van der Waals surface area contributed by atoms with Crippen molar-refractivity contribution >= 4 is 38.6 Å². The van der Waals surface area contributed by atoms with Crippen LogP contribution < -0.4 is 0 Å². The lowest BCUT2D eigenvalue weighted by Gasteiger charge is -2.26. The van der Waals surface area contributed by atoms with Gasteiger partial charge in [-0.2, -0.15) is 4.31 Å². The number of carbonyl (C=O) groups excluding carboxylic acids is 1. The van der Waals surface area contributed by atoms with E-state index in [0.29, 0.717) is 23.8 Å². The maximum atomic E-state index is 12.6. The zero-order valence-electron chi connectivity index (χ0n) is 13.8. The van der Waals surface area contributed by atoms with Crippen molar-refractivity contribution in [3.8, 4) is 0 Å². The van der Waals surface area contributed by atoms with Gasteiger partial charge in [0.15, 0.2) is 0 Å². The van der Waals surface area contributed by atoms with Gasteiger partial charge < -0.3 is 4.90 Å². The molecular weight excluding hydrogens is 376 g/mol. The van der Waals surface area contributed by atoms with E-state index in [9.17, 15) is 13.2 Å². The van der Waals surface area contributed by atoms with E-state index >= 15 is 0 Å². The highest BCUT2D eigenvalue weighted by molar-refractivity contribution is 7.91. The molecule has 25 heavy (non-hydrogen) atoms. The Hall–Kier alpha value is -1.22. The van der Waals surface area contributed by atoms with Gasteiger partial charge >= 0.3 is 0 Å². The van der Waals surface area contributed by atoms with Gasteiger partial charge in [-0.15, -0.1) is 22.7 Å². The van der Waals surface area contributed by atoms with Gasteiger partial charge in [-0.05, 0) is 48.4 Å². The van der Waals surface area contributed by atoms with Crippen molar-refractivity contribution in [2.24, 2.45) is 0 Å². The average Bonchev–Trinajstić information content (AvgIpc) is 3.34. The highest BCUT2D eigenvalue weighted by atomic mass is 32.2. The quantitative estimate of drug-likeness (QED) is 0.798. The summed E-state index contributed by atoms with van der Waals surface area (Å²) in [5.74, 6) is 0.0730. The first-order valence-electron chi connectivity index (χ1n) is 8.46. The van der Waals surface area contributed by atoms with Crippen LogP contribution in [0.25, 0.3) is 0 Å². The third kappa shape index (κ3) is 3.40. The molecular formula is C17H20N2O3S3. The molecule has 8 heteroatoms. The van der Waals surface area contributed by atoms with Crippen molar-refractivity contribution in [2.75, 3.05) is 19.6 Å². The summed E-state index contributed by atoms with van der Waals surface area (Å²) in [5, 5.41) is 2.08. The van der Waals surface area contributed by atoms with Gasteiger partial charge in [-0.1, -0.05) is 0 Å². The number of nitrogens with zero attached hydrogens (tertiary/aromatic N) is 2. The molecule has 0 aliphatic carbocycles. The molecule has 0 saturated carbocycles. The molecule has 1 saturated heterocycles. The van der Waals surface area contributed by atoms with E-state index < -0.39 is 10.0 Å². The van der Waals surface area contributed by atoms with Crippen LogP contribution in [0, 0.1) is 0 Å². The molecule has 4 heterocycles. The zero-order valence-corrected chi connectivity index (χ0v) is 16.3. The van der Waals surface area contributed by atoms with E-state index in [-0.39, 0.29) is 12.3 Å². The van der Waals surface area contributed by atoms with Crippen LogP contribution >= 0.6 is 22.7 Å². The van der Waals surface area contributed by atoms with Crippen LogP contribution in [0.3, 0.4) is 0 Å². The van der Waals surface area contributed by atoms with Gasteiger partial charge in [0, 0.05) is 35.9 Å². The largest absolute Gasteiger partial charge is 0.338 e. The molecule has 0 N–H and O–H groups in total. The average molecular weight is 397 g/mol. The fourth-order valence-electron chi connectivity index (χ4n) is 3.37. The summed E-state index contributed by atoms with van der Waals surface area (Å²) in [6, 6.07) is 5.52. The van der Waals surface area contributed by atoms with E-state index in [2.05, 4.69) is 11.4 Å². The van der Waals surface area contributed by atoms with Crippen molar-refractivity contribution < 1.29 is 13.2 Å². The van der Waals surface area contributed by atoms with Crippen LogP contribution in [0.5, 0.6) is 0 Å². The predicted octanol–water partition coefficient (Wildman–Crippen LogP) is 2.72. The Morgan fingerprint density at radius 1 is 1.12 bits per heavy atom. The fourth-order valence-corrected chi connectivity index (χ4v) is 7.28. The molecule has 0 atom stereocenters. The van der Waals surface area contributed by atoms with E-state index in [1.54, 1.807) is 27.8 Å². The van der Waals surface area contributed by atoms with E-state index in [1.165, 1.54) is 21.8 Å². The SMILES string of the molecule is O=C(Cc1ccc(S(=O)(=O)N2CCCC2)s1)N1CCc2sccc2C1. The van der Waals surface area contributed by atoms with Crippen molar-refractivity contribution in [3.63, 3.8) is 0 Å². The molecule has 1 amide bonds. The molecule has 134 valence electrons. The molecule has 5 nitrogen and oxygen atoms in total. The molecule has 0 radical (unpaired) electrons. The summed E-state index contributed by atoms with van der Waals surface area (Å²) in [6.07, 6.45) is 3.04. The first-order valence-corrected chi connectivity index (χ1v) is 11.6. The van der Waals surface area contributed by atoms with Gasteiger partial charge in [-0.25, -0.2) is 8.42 Å². The molecule has 2 aliphatic heterocycles. The first-order chi connectivity index (χ1) is 12.0. The first kappa shape index (κ1) is 17.2. The number of hydrogen-bond acceptors (Lipinski definition) is 5. The topological polar surface area (TPSA) is 57.7 Å². The summed E-state index contributed by atoms with van der Waals surface area (Å²) in [5.41, 5.74) is 1.24. The number of sulfonamides is 1. The molecule has 4 rings (SSSR count). The lowest BCUT2D eigenvalue weighted by atomic mass is 10.1. The van der Waals surface area contributed by atoms with Gasteiger partial charge in [0.25, 0.3) is 10.0 Å². The monoisotopic (exact) mass is 396 g/mol. The Bertz CT molecular complexity index is 879. The number of hydrogen-bond donors (Lipinski definition) is 0. The summed E-state index contributed by atoms with van der Waals surface area (Å²) in [6.45, 7) is 2.62. The Morgan fingerprint density at radius 2 is 1.92 bits per heavy atom. The second-order valence-electron chi connectivity index (χ2n) is 6.44. The van der Waals surface area contributed by atoms with Gasteiger partial charge in [0.1, 0.15) is 4.21 Å². The highest BCUT2D eigenvalue weighted by Crippen LogP contribution is 2.29. The summed E-state index contributed by atoms with van der Waals surface area (Å²) >= 11 is 2.99. The van der Waals surface area contributed by atoms with Crippen molar-refractivity contribution in [2.45, 2.75) is 36.4 Å². The van der Waals surface area contributed by atoms with Crippen molar-refractivity contribution in [3.05, 3.63) is 38.9 Å². The van der Waals surface area contributed by atoms with Crippen LogP contribution in [0.15, 0.2) is 27.8 Å². The number of thiophene rings is 2. The Kier molecular flexibility index (Phi) is 4.70. The minimum absolute atomic E-state index is 0.0730. The zero-order chi connectivity index (χ0) is 17.4. The molecule has 0 spiro atoms. The number of fused-ring (bicyclic) bond motifs is 1. The van der Waals surface area contributed by atoms with Crippen LogP contribution in [0.4, 0.5) is 0 Å².